The summed E-state index contributed by atoms with van der Waals surface area (Å²) < 4.78 is 50.3. The average Bonchev–Trinajstić information content (AvgIpc) is 3.00. The third kappa shape index (κ3) is 4.86. The van der Waals surface area contributed by atoms with Crippen LogP contribution >= 0.6 is 0 Å². The third-order valence-corrected chi connectivity index (χ3v) is 6.95. The van der Waals surface area contributed by atoms with Gasteiger partial charge in [0.05, 0.1) is 11.2 Å². The summed E-state index contributed by atoms with van der Waals surface area (Å²) in [6.45, 7) is 11.2. The molecule has 0 amide bonds. The summed E-state index contributed by atoms with van der Waals surface area (Å²) in [7, 11) is -0.389. The summed E-state index contributed by atoms with van der Waals surface area (Å²) in [6.07, 6.45) is -7.12. The standard InChI is InChI=1S/C24H30BF3N2O3/c1-22(2)23(3,4)33-25(32-22)18-7-11-20(12-8-18)30-15-13-29(14-16-30)19-9-5-17(6-10-19)21(31)24(26,27)28/h5-12,21,31H,13-16H2,1-4H3. The quantitative estimate of drug-likeness (QED) is 0.699. The van der Waals surface area contributed by atoms with E-state index in [1.807, 2.05) is 39.8 Å². The Labute approximate surface area is 193 Å². The van der Waals surface area contributed by atoms with Crippen molar-refractivity contribution < 1.29 is 27.6 Å². The molecule has 178 valence electrons. The molecule has 5 nitrogen and oxygen atoms in total. The van der Waals surface area contributed by atoms with Gasteiger partial charge >= 0.3 is 13.3 Å². The first-order chi connectivity index (χ1) is 15.4. The van der Waals surface area contributed by atoms with Gasteiger partial charge in [-0.3, -0.25) is 0 Å². The first-order valence-corrected chi connectivity index (χ1v) is 11.2. The Morgan fingerprint density at radius 2 is 1.18 bits per heavy atom. The SMILES string of the molecule is CC1(C)OB(c2ccc(N3CCN(c4ccc(C(O)C(F)(F)F)cc4)CC3)cc2)OC1(C)C. The molecule has 2 aromatic rings. The van der Waals surface area contributed by atoms with Gasteiger partial charge in [-0.2, -0.15) is 13.2 Å². The molecule has 0 saturated carbocycles. The predicted molar refractivity (Wildman–Crippen MR) is 124 cm³/mol. The molecule has 2 heterocycles. The summed E-state index contributed by atoms with van der Waals surface area (Å²) in [5.74, 6) is 0. The lowest BCUT2D eigenvalue weighted by Crippen LogP contribution is -2.46. The number of hydrogen-bond donors (Lipinski definition) is 1. The van der Waals surface area contributed by atoms with E-state index in [0.29, 0.717) is 0 Å². The number of hydrogen-bond acceptors (Lipinski definition) is 5. The van der Waals surface area contributed by atoms with Gasteiger partial charge in [0, 0.05) is 37.6 Å². The van der Waals surface area contributed by atoms with Crippen molar-refractivity contribution in [1.82, 2.24) is 0 Å². The van der Waals surface area contributed by atoms with Gasteiger partial charge in [-0.25, -0.2) is 0 Å². The molecule has 0 bridgehead atoms. The Bertz CT molecular complexity index is 940. The highest BCUT2D eigenvalue weighted by molar-refractivity contribution is 6.62. The van der Waals surface area contributed by atoms with Crippen molar-refractivity contribution in [3.8, 4) is 0 Å². The van der Waals surface area contributed by atoms with E-state index in [9.17, 15) is 18.3 Å². The first kappa shape index (κ1) is 23.9. The highest BCUT2D eigenvalue weighted by Crippen LogP contribution is 2.37. The van der Waals surface area contributed by atoms with E-state index in [1.54, 1.807) is 12.1 Å². The molecular weight excluding hydrogens is 432 g/mol. The number of alkyl halides is 3. The van der Waals surface area contributed by atoms with Gasteiger partial charge in [0.15, 0.2) is 6.10 Å². The lowest BCUT2D eigenvalue weighted by molar-refractivity contribution is -0.206. The Kier molecular flexibility index (Phi) is 6.18. The van der Waals surface area contributed by atoms with E-state index < -0.39 is 12.3 Å². The zero-order valence-electron chi connectivity index (χ0n) is 19.4. The van der Waals surface area contributed by atoms with Gasteiger partial charge in [-0.1, -0.05) is 24.3 Å². The van der Waals surface area contributed by atoms with Gasteiger partial charge in [0.25, 0.3) is 0 Å². The van der Waals surface area contributed by atoms with Crippen molar-refractivity contribution in [3.63, 3.8) is 0 Å². The zero-order chi connectivity index (χ0) is 24.0. The van der Waals surface area contributed by atoms with Crippen LogP contribution in [0, 0.1) is 0 Å². The molecule has 2 aliphatic rings. The summed E-state index contributed by atoms with van der Waals surface area (Å²) in [4.78, 5) is 4.42. The van der Waals surface area contributed by atoms with Crippen molar-refractivity contribution in [2.75, 3.05) is 36.0 Å². The van der Waals surface area contributed by atoms with E-state index in [-0.39, 0.29) is 23.9 Å². The molecule has 0 spiro atoms. The van der Waals surface area contributed by atoms with Gasteiger partial charge in [0.1, 0.15) is 0 Å². The second kappa shape index (κ2) is 8.53. The zero-order valence-corrected chi connectivity index (χ0v) is 19.4. The molecule has 0 aromatic heterocycles. The van der Waals surface area contributed by atoms with Crippen molar-refractivity contribution in [1.29, 1.82) is 0 Å². The molecule has 2 fully saturated rings. The number of aliphatic hydroxyl groups excluding tert-OH is 1. The maximum absolute atomic E-state index is 12.7. The second-order valence-corrected chi connectivity index (χ2v) is 9.69. The number of benzene rings is 2. The third-order valence-electron chi connectivity index (χ3n) is 6.95. The van der Waals surface area contributed by atoms with Crippen LogP contribution in [0.5, 0.6) is 0 Å². The first-order valence-electron chi connectivity index (χ1n) is 11.2. The van der Waals surface area contributed by atoms with Gasteiger partial charge < -0.3 is 24.2 Å². The lowest BCUT2D eigenvalue weighted by atomic mass is 9.79. The van der Waals surface area contributed by atoms with Crippen LogP contribution in [0.15, 0.2) is 48.5 Å². The minimum atomic E-state index is -4.66. The number of aliphatic hydroxyl groups is 1. The fourth-order valence-electron chi connectivity index (χ4n) is 4.10. The van der Waals surface area contributed by atoms with Gasteiger partial charge in [0.2, 0.25) is 0 Å². The molecule has 33 heavy (non-hydrogen) atoms. The van der Waals surface area contributed by atoms with Crippen molar-refractivity contribution in [2.24, 2.45) is 0 Å². The molecule has 9 heteroatoms. The van der Waals surface area contributed by atoms with Gasteiger partial charge in [-0.05, 0) is 63.0 Å². The Morgan fingerprint density at radius 1 is 0.788 bits per heavy atom. The Hall–Kier alpha value is -2.23. The number of rotatable bonds is 4. The summed E-state index contributed by atoms with van der Waals surface area (Å²) in [6, 6.07) is 14.2. The van der Waals surface area contributed by atoms with Crippen LogP contribution in [0.4, 0.5) is 24.5 Å². The Balaban J connectivity index is 1.35. The number of anilines is 2. The largest absolute Gasteiger partial charge is 0.494 e. The minimum absolute atomic E-state index is 0.146. The maximum atomic E-state index is 12.7. The summed E-state index contributed by atoms with van der Waals surface area (Å²) in [5, 5.41) is 9.40. The molecule has 1 N–H and O–H groups in total. The molecule has 0 aliphatic carbocycles. The van der Waals surface area contributed by atoms with Gasteiger partial charge in [-0.15, -0.1) is 0 Å². The molecule has 2 aliphatic heterocycles. The number of piperazine rings is 1. The topological polar surface area (TPSA) is 45.2 Å². The normalized spacial score (nSPS) is 21.4. The average molecular weight is 462 g/mol. The smallest absolute Gasteiger partial charge is 0.399 e. The van der Waals surface area contributed by atoms with Crippen LogP contribution in [0.25, 0.3) is 0 Å². The molecular formula is C24H30BF3N2O3. The lowest BCUT2D eigenvalue weighted by Gasteiger charge is -2.37. The van der Waals surface area contributed by atoms with E-state index in [4.69, 9.17) is 9.31 Å². The fraction of sp³-hybridized carbons (Fsp3) is 0.500. The highest BCUT2D eigenvalue weighted by atomic mass is 19.4. The van der Waals surface area contributed by atoms with Crippen molar-refractivity contribution in [3.05, 3.63) is 54.1 Å². The maximum Gasteiger partial charge on any atom is 0.494 e. The number of nitrogens with zero attached hydrogens (tertiary/aromatic N) is 2. The predicted octanol–water partition coefficient (Wildman–Crippen LogP) is 3.91. The van der Waals surface area contributed by atoms with Crippen LogP contribution in [-0.2, 0) is 9.31 Å². The fourth-order valence-corrected chi connectivity index (χ4v) is 4.10. The van der Waals surface area contributed by atoms with E-state index >= 15 is 0 Å². The second-order valence-electron chi connectivity index (χ2n) is 9.69. The van der Waals surface area contributed by atoms with E-state index in [2.05, 4.69) is 21.9 Å². The minimum Gasteiger partial charge on any atom is -0.399 e. The molecule has 1 unspecified atom stereocenters. The van der Waals surface area contributed by atoms with E-state index in [1.165, 1.54) is 12.1 Å². The molecule has 0 radical (unpaired) electrons. The number of halogens is 3. The van der Waals surface area contributed by atoms with E-state index in [0.717, 1.165) is 43.0 Å². The monoisotopic (exact) mass is 462 g/mol. The van der Waals surface area contributed by atoms with Crippen molar-refractivity contribution >= 4 is 24.0 Å². The molecule has 2 saturated heterocycles. The van der Waals surface area contributed by atoms with Crippen LogP contribution < -0.4 is 15.3 Å². The van der Waals surface area contributed by atoms with Crippen LogP contribution in [0.1, 0.15) is 39.4 Å². The molecule has 2 aromatic carbocycles. The summed E-state index contributed by atoms with van der Waals surface area (Å²) >= 11 is 0. The molecule has 4 rings (SSSR count). The summed E-state index contributed by atoms with van der Waals surface area (Å²) in [5.41, 5.74) is 2.04. The molecule has 1 atom stereocenters. The Morgan fingerprint density at radius 3 is 1.58 bits per heavy atom. The van der Waals surface area contributed by atoms with Crippen LogP contribution in [0.2, 0.25) is 0 Å². The highest BCUT2D eigenvalue weighted by Gasteiger charge is 2.51. The van der Waals surface area contributed by atoms with Crippen LogP contribution in [0.3, 0.4) is 0 Å². The van der Waals surface area contributed by atoms with Crippen LogP contribution in [-0.4, -0.2) is 55.8 Å². The van der Waals surface area contributed by atoms with Crippen molar-refractivity contribution in [2.45, 2.75) is 51.2 Å².